The van der Waals surface area contributed by atoms with Crippen molar-refractivity contribution >= 4 is 5.82 Å². The molecule has 0 spiro atoms. The molecule has 21 heavy (non-hydrogen) atoms. The van der Waals surface area contributed by atoms with Gasteiger partial charge in [-0.05, 0) is 26.1 Å². The summed E-state index contributed by atoms with van der Waals surface area (Å²) >= 11 is 0. The standard InChI is InChI=1S/C16H19FN4/c1-12-18-15(13-5-3-4-6-14(13)17)11-16(19-12)21-9-7-20(2)8-10-21/h3-6,11H,7-10H2,1-2H3. The molecule has 1 aliphatic heterocycles. The average Bonchev–Trinajstić information content (AvgIpc) is 2.48. The number of hydrogen-bond donors (Lipinski definition) is 0. The van der Waals surface area contributed by atoms with Crippen molar-refractivity contribution in [1.82, 2.24) is 14.9 Å². The van der Waals surface area contributed by atoms with Gasteiger partial charge in [-0.3, -0.25) is 0 Å². The highest BCUT2D eigenvalue weighted by Crippen LogP contribution is 2.24. The van der Waals surface area contributed by atoms with E-state index in [1.807, 2.05) is 19.1 Å². The van der Waals surface area contributed by atoms with Crippen LogP contribution < -0.4 is 4.90 Å². The third kappa shape index (κ3) is 3.03. The number of halogens is 1. The van der Waals surface area contributed by atoms with Gasteiger partial charge in [-0.15, -0.1) is 0 Å². The average molecular weight is 286 g/mol. The van der Waals surface area contributed by atoms with Crippen molar-refractivity contribution in [3.05, 3.63) is 42.0 Å². The Morgan fingerprint density at radius 1 is 1.05 bits per heavy atom. The Morgan fingerprint density at radius 2 is 1.76 bits per heavy atom. The van der Waals surface area contributed by atoms with E-state index >= 15 is 0 Å². The van der Waals surface area contributed by atoms with Crippen LogP contribution in [0.25, 0.3) is 11.3 Å². The van der Waals surface area contributed by atoms with Crippen molar-refractivity contribution in [2.24, 2.45) is 0 Å². The fraction of sp³-hybridized carbons (Fsp3) is 0.375. The summed E-state index contributed by atoms with van der Waals surface area (Å²) in [4.78, 5) is 13.4. The number of aromatic nitrogens is 2. The van der Waals surface area contributed by atoms with Gasteiger partial charge >= 0.3 is 0 Å². The Hall–Kier alpha value is -2.01. The van der Waals surface area contributed by atoms with Crippen LogP contribution in [0.5, 0.6) is 0 Å². The van der Waals surface area contributed by atoms with Gasteiger partial charge in [0.05, 0.1) is 5.69 Å². The van der Waals surface area contributed by atoms with Crippen molar-refractivity contribution in [3.8, 4) is 11.3 Å². The molecule has 0 aliphatic carbocycles. The van der Waals surface area contributed by atoms with Crippen LogP contribution in [0.3, 0.4) is 0 Å². The first-order valence-electron chi connectivity index (χ1n) is 7.17. The highest BCUT2D eigenvalue weighted by molar-refractivity contribution is 5.63. The first-order valence-corrected chi connectivity index (χ1v) is 7.17. The lowest BCUT2D eigenvalue weighted by atomic mass is 10.1. The maximum atomic E-state index is 14.0. The molecule has 2 heterocycles. The van der Waals surface area contributed by atoms with Crippen molar-refractivity contribution in [3.63, 3.8) is 0 Å². The molecule has 5 heteroatoms. The Balaban J connectivity index is 1.95. The molecular formula is C16H19FN4. The van der Waals surface area contributed by atoms with Gasteiger partial charge < -0.3 is 9.80 Å². The summed E-state index contributed by atoms with van der Waals surface area (Å²) in [6.07, 6.45) is 0. The third-order valence-electron chi connectivity index (χ3n) is 3.80. The molecule has 0 amide bonds. The van der Waals surface area contributed by atoms with E-state index in [2.05, 4.69) is 26.8 Å². The van der Waals surface area contributed by atoms with Crippen LogP contribution in [0.1, 0.15) is 5.82 Å². The SMILES string of the molecule is Cc1nc(-c2ccccc2F)cc(N2CCN(C)CC2)n1. The molecule has 0 N–H and O–H groups in total. The van der Waals surface area contributed by atoms with Crippen LogP contribution in [0.15, 0.2) is 30.3 Å². The minimum Gasteiger partial charge on any atom is -0.354 e. The Bertz CT molecular complexity index is 636. The summed E-state index contributed by atoms with van der Waals surface area (Å²) in [5.74, 6) is 1.30. The van der Waals surface area contributed by atoms with E-state index in [1.165, 1.54) is 6.07 Å². The minimum absolute atomic E-state index is 0.250. The number of piperazine rings is 1. The van der Waals surface area contributed by atoms with Gasteiger partial charge in [0.25, 0.3) is 0 Å². The van der Waals surface area contributed by atoms with Crippen LogP contribution in [-0.4, -0.2) is 48.1 Å². The van der Waals surface area contributed by atoms with Gasteiger partial charge in [0, 0.05) is 37.8 Å². The highest BCUT2D eigenvalue weighted by atomic mass is 19.1. The zero-order chi connectivity index (χ0) is 14.8. The number of likely N-dealkylation sites (N-methyl/N-ethyl adjacent to an activating group) is 1. The van der Waals surface area contributed by atoms with Gasteiger partial charge in [-0.25, -0.2) is 14.4 Å². The Kier molecular flexibility index (Phi) is 3.84. The second-order valence-corrected chi connectivity index (χ2v) is 5.43. The van der Waals surface area contributed by atoms with Crippen molar-refractivity contribution < 1.29 is 4.39 Å². The summed E-state index contributed by atoms with van der Waals surface area (Å²) in [5, 5.41) is 0. The van der Waals surface area contributed by atoms with Crippen molar-refractivity contribution in [2.75, 3.05) is 38.1 Å². The summed E-state index contributed by atoms with van der Waals surface area (Å²) in [5.41, 5.74) is 1.17. The topological polar surface area (TPSA) is 32.3 Å². The van der Waals surface area contributed by atoms with E-state index in [9.17, 15) is 4.39 Å². The van der Waals surface area contributed by atoms with E-state index in [0.29, 0.717) is 17.1 Å². The summed E-state index contributed by atoms with van der Waals surface area (Å²) < 4.78 is 14.0. The molecule has 0 radical (unpaired) electrons. The Labute approximate surface area is 124 Å². The van der Waals surface area contributed by atoms with Gasteiger partial charge in [0.2, 0.25) is 0 Å². The molecule has 1 aromatic heterocycles. The van der Waals surface area contributed by atoms with Gasteiger partial charge in [0.15, 0.2) is 0 Å². The number of nitrogens with zero attached hydrogens (tertiary/aromatic N) is 4. The van der Waals surface area contributed by atoms with Crippen LogP contribution in [0.4, 0.5) is 10.2 Å². The maximum Gasteiger partial charge on any atom is 0.132 e. The molecule has 1 saturated heterocycles. The Morgan fingerprint density at radius 3 is 2.48 bits per heavy atom. The fourth-order valence-electron chi connectivity index (χ4n) is 2.56. The highest BCUT2D eigenvalue weighted by Gasteiger charge is 2.17. The lowest BCUT2D eigenvalue weighted by Gasteiger charge is -2.33. The zero-order valence-electron chi connectivity index (χ0n) is 12.4. The van der Waals surface area contributed by atoms with E-state index in [4.69, 9.17) is 0 Å². The van der Waals surface area contributed by atoms with Crippen LogP contribution in [-0.2, 0) is 0 Å². The molecule has 0 atom stereocenters. The maximum absolute atomic E-state index is 14.0. The summed E-state index contributed by atoms with van der Waals surface area (Å²) in [7, 11) is 2.12. The molecule has 1 aliphatic rings. The second-order valence-electron chi connectivity index (χ2n) is 5.43. The molecular weight excluding hydrogens is 267 g/mol. The van der Waals surface area contributed by atoms with E-state index in [1.54, 1.807) is 12.1 Å². The zero-order valence-corrected chi connectivity index (χ0v) is 12.4. The molecule has 1 aromatic carbocycles. The van der Waals surface area contributed by atoms with E-state index in [-0.39, 0.29) is 5.82 Å². The van der Waals surface area contributed by atoms with Gasteiger partial charge in [0.1, 0.15) is 17.5 Å². The predicted molar refractivity (Wildman–Crippen MR) is 81.9 cm³/mol. The number of aryl methyl sites for hydroxylation is 1. The van der Waals surface area contributed by atoms with Crippen LogP contribution >= 0.6 is 0 Å². The molecule has 2 aromatic rings. The third-order valence-corrected chi connectivity index (χ3v) is 3.80. The number of anilines is 1. The van der Waals surface area contributed by atoms with E-state index < -0.39 is 0 Å². The molecule has 0 saturated carbocycles. The molecule has 0 unspecified atom stereocenters. The summed E-state index contributed by atoms with van der Waals surface area (Å²) in [6, 6.07) is 8.61. The molecule has 3 rings (SSSR count). The second kappa shape index (κ2) is 5.77. The first-order chi connectivity index (χ1) is 10.1. The predicted octanol–water partition coefficient (Wildman–Crippen LogP) is 2.34. The normalized spacial score (nSPS) is 16.2. The molecule has 1 fully saturated rings. The van der Waals surface area contributed by atoms with Gasteiger partial charge in [-0.1, -0.05) is 12.1 Å². The number of benzene rings is 1. The monoisotopic (exact) mass is 286 g/mol. The number of rotatable bonds is 2. The lowest BCUT2D eigenvalue weighted by molar-refractivity contribution is 0.312. The molecule has 0 bridgehead atoms. The van der Waals surface area contributed by atoms with Gasteiger partial charge in [-0.2, -0.15) is 0 Å². The van der Waals surface area contributed by atoms with Crippen molar-refractivity contribution in [1.29, 1.82) is 0 Å². The number of hydrogen-bond acceptors (Lipinski definition) is 4. The van der Waals surface area contributed by atoms with Crippen LogP contribution in [0.2, 0.25) is 0 Å². The molecule has 4 nitrogen and oxygen atoms in total. The quantitative estimate of drug-likeness (QED) is 0.848. The van der Waals surface area contributed by atoms with Crippen LogP contribution in [0, 0.1) is 12.7 Å². The summed E-state index contributed by atoms with van der Waals surface area (Å²) in [6.45, 7) is 5.74. The van der Waals surface area contributed by atoms with E-state index in [0.717, 1.165) is 32.0 Å². The lowest BCUT2D eigenvalue weighted by Crippen LogP contribution is -2.44. The smallest absolute Gasteiger partial charge is 0.132 e. The van der Waals surface area contributed by atoms with Crippen molar-refractivity contribution in [2.45, 2.75) is 6.92 Å². The molecule has 110 valence electrons. The minimum atomic E-state index is -0.250. The fourth-order valence-corrected chi connectivity index (χ4v) is 2.56. The largest absolute Gasteiger partial charge is 0.354 e. The first kappa shape index (κ1) is 13.9.